The molecule has 0 aliphatic rings. The Bertz CT molecular complexity index is 435. The first-order valence-corrected chi connectivity index (χ1v) is 7.86. The highest BCUT2D eigenvalue weighted by Gasteiger charge is 2.18. The van der Waals surface area contributed by atoms with E-state index in [1.165, 1.54) is 0 Å². The Kier molecular flexibility index (Phi) is 7.65. The first kappa shape index (κ1) is 17.3. The van der Waals surface area contributed by atoms with Crippen molar-refractivity contribution in [2.75, 3.05) is 18.9 Å². The maximum absolute atomic E-state index is 12.3. The maximum atomic E-state index is 12.3. The average Bonchev–Trinajstić information content (AvgIpc) is 2.49. The van der Waals surface area contributed by atoms with Gasteiger partial charge in [0, 0.05) is 12.6 Å². The number of rotatable bonds is 9. The molecule has 4 heteroatoms. The monoisotopic (exact) mass is 292 g/mol. The van der Waals surface area contributed by atoms with Crippen LogP contribution in [0.2, 0.25) is 0 Å². The van der Waals surface area contributed by atoms with Crippen LogP contribution in [0.4, 0.5) is 5.69 Å². The average molecular weight is 292 g/mol. The van der Waals surface area contributed by atoms with E-state index in [1.807, 2.05) is 23.1 Å². The fraction of sp³-hybridized carbons (Fsp3) is 0.588. The number of unbranched alkanes of at least 4 members (excludes halogenated alkanes) is 1. The molecule has 0 radical (unpaired) electrons. The van der Waals surface area contributed by atoms with Crippen LogP contribution in [-0.4, -0.2) is 30.0 Å². The van der Waals surface area contributed by atoms with Crippen molar-refractivity contribution in [3.63, 3.8) is 0 Å². The van der Waals surface area contributed by atoms with Crippen molar-refractivity contribution in [1.82, 2.24) is 4.90 Å². The number of para-hydroxylation sites is 2. The van der Waals surface area contributed by atoms with E-state index in [0.29, 0.717) is 24.5 Å². The van der Waals surface area contributed by atoms with Crippen molar-refractivity contribution in [3.05, 3.63) is 24.3 Å². The van der Waals surface area contributed by atoms with Gasteiger partial charge in [-0.3, -0.25) is 4.79 Å². The van der Waals surface area contributed by atoms with Gasteiger partial charge in [0.1, 0.15) is 5.75 Å². The number of hydrogen-bond acceptors (Lipinski definition) is 3. The molecule has 4 nitrogen and oxygen atoms in total. The van der Waals surface area contributed by atoms with Crippen molar-refractivity contribution in [1.29, 1.82) is 0 Å². The van der Waals surface area contributed by atoms with Gasteiger partial charge in [0.25, 0.3) is 0 Å². The molecule has 1 unspecified atom stereocenters. The quantitative estimate of drug-likeness (QED) is 0.709. The van der Waals surface area contributed by atoms with Gasteiger partial charge in [-0.25, -0.2) is 0 Å². The minimum atomic E-state index is 0.160. The van der Waals surface area contributed by atoms with Crippen LogP contribution in [0.3, 0.4) is 0 Å². The Morgan fingerprint density at radius 3 is 2.67 bits per heavy atom. The van der Waals surface area contributed by atoms with Gasteiger partial charge in [-0.2, -0.15) is 0 Å². The zero-order valence-corrected chi connectivity index (χ0v) is 13.5. The molecule has 1 amide bonds. The van der Waals surface area contributed by atoms with E-state index in [9.17, 15) is 4.79 Å². The number of carbonyl (C=O) groups is 1. The topological polar surface area (TPSA) is 55.6 Å². The van der Waals surface area contributed by atoms with Crippen molar-refractivity contribution in [2.24, 2.45) is 0 Å². The highest BCUT2D eigenvalue weighted by Crippen LogP contribution is 2.20. The van der Waals surface area contributed by atoms with Crippen LogP contribution >= 0.6 is 0 Å². The number of hydrogen-bond donors (Lipinski definition) is 1. The second kappa shape index (κ2) is 9.27. The third kappa shape index (κ3) is 5.66. The van der Waals surface area contributed by atoms with Crippen molar-refractivity contribution in [3.8, 4) is 5.75 Å². The van der Waals surface area contributed by atoms with E-state index in [0.717, 1.165) is 25.8 Å². The summed E-state index contributed by atoms with van der Waals surface area (Å²) in [4.78, 5) is 14.3. The van der Waals surface area contributed by atoms with Crippen LogP contribution in [0.25, 0.3) is 0 Å². The summed E-state index contributed by atoms with van der Waals surface area (Å²) in [6.07, 6.45) is 3.50. The van der Waals surface area contributed by atoms with E-state index in [2.05, 4.69) is 20.8 Å². The number of nitrogens with zero attached hydrogens (tertiary/aromatic N) is 1. The molecule has 0 bridgehead atoms. The van der Waals surface area contributed by atoms with E-state index in [-0.39, 0.29) is 11.9 Å². The van der Waals surface area contributed by atoms with E-state index in [4.69, 9.17) is 10.5 Å². The number of nitrogen functional groups attached to an aromatic ring is 1. The van der Waals surface area contributed by atoms with Crippen molar-refractivity contribution in [2.45, 2.75) is 52.5 Å². The molecule has 21 heavy (non-hydrogen) atoms. The zero-order chi connectivity index (χ0) is 15.7. The molecule has 0 aliphatic heterocycles. The molecule has 0 saturated heterocycles. The molecule has 0 aliphatic carbocycles. The lowest BCUT2D eigenvalue weighted by Crippen LogP contribution is -2.39. The Morgan fingerprint density at radius 2 is 2.05 bits per heavy atom. The summed E-state index contributed by atoms with van der Waals surface area (Å²) in [6, 6.07) is 7.64. The van der Waals surface area contributed by atoms with Crippen LogP contribution in [0.1, 0.15) is 46.5 Å². The van der Waals surface area contributed by atoms with Crippen molar-refractivity contribution >= 4 is 11.6 Å². The van der Waals surface area contributed by atoms with Crippen LogP contribution in [-0.2, 0) is 4.79 Å². The summed E-state index contributed by atoms with van der Waals surface area (Å²) in [6.45, 7) is 7.55. The summed E-state index contributed by atoms with van der Waals surface area (Å²) in [5, 5.41) is 0. The molecule has 0 heterocycles. The standard InChI is InChI=1S/C17H28N2O2/c1-4-6-12-19(14(3)5-2)17(20)11-13-21-16-10-8-7-9-15(16)18/h7-10,14H,4-6,11-13,18H2,1-3H3. The Balaban J connectivity index is 2.48. The minimum Gasteiger partial charge on any atom is -0.491 e. The predicted octanol–water partition coefficient (Wildman–Crippen LogP) is 3.46. The second-order valence-corrected chi connectivity index (χ2v) is 5.33. The van der Waals surface area contributed by atoms with Gasteiger partial charge in [-0.1, -0.05) is 32.4 Å². The fourth-order valence-electron chi connectivity index (χ4n) is 2.14. The molecular formula is C17H28N2O2. The SMILES string of the molecule is CCCCN(C(=O)CCOc1ccccc1N)C(C)CC. The summed E-state index contributed by atoms with van der Waals surface area (Å²) < 4.78 is 5.60. The molecular weight excluding hydrogens is 264 g/mol. The highest BCUT2D eigenvalue weighted by molar-refractivity contribution is 5.76. The van der Waals surface area contributed by atoms with Gasteiger partial charge in [-0.15, -0.1) is 0 Å². The number of amides is 1. The maximum Gasteiger partial charge on any atom is 0.226 e. The summed E-state index contributed by atoms with van der Waals surface area (Å²) in [5.41, 5.74) is 6.42. The van der Waals surface area contributed by atoms with Crippen LogP contribution in [0.5, 0.6) is 5.75 Å². The largest absolute Gasteiger partial charge is 0.491 e. The van der Waals surface area contributed by atoms with Crippen LogP contribution < -0.4 is 10.5 Å². The van der Waals surface area contributed by atoms with Crippen LogP contribution in [0, 0.1) is 0 Å². The predicted molar refractivity (Wildman–Crippen MR) is 87.3 cm³/mol. The molecule has 1 rings (SSSR count). The molecule has 0 saturated carbocycles. The first-order chi connectivity index (χ1) is 10.1. The van der Waals surface area contributed by atoms with E-state index < -0.39 is 0 Å². The first-order valence-electron chi connectivity index (χ1n) is 7.86. The molecule has 118 valence electrons. The molecule has 0 fully saturated rings. The lowest BCUT2D eigenvalue weighted by molar-refractivity contribution is -0.133. The molecule has 1 aromatic carbocycles. The smallest absolute Gasteiger partial charge is 0.226 e. The van der Waals surface area contributed by atoms with Gasteiger partial charge in [0.05, 0.1) is 18.7 Å². The molecule has 2 N–H and O–H groups in total. The minimum absolute atomic E-state index is 0.160. The molecule has 1 atom stereocenters. The Labute approximate surface area is 128 Å². The molecule has 1 aromatic rings. The Hall–Kier alpha value is -1.71. The summed E-state index contributed by atoms with van der Waals surface area (Å²) in [5.74, 6) is 0.807. The van der Waals surface area contributed by atoms with Gasteiger partial charge < -0.3 is 15.4 Å². The number of nitrogens with two attached hydrogens (primary N) is 1. The lowest BCUT2D eigenvalue weighted by atomic mass is 10.2. The highest BCUT2D eigenvalue weighted by atomic mass is 16.5. The number of anilines is 1. The molecule has 0 spiro atoms. The van der Waals surface area contributed by atoms with Gasteiger partial charge >= 0.3 is 0 Å². The number of carbonyl (C=O) groups excluding carboxylic acids is 1. The fourth-order valence-corrected chi connectivity index (χ4v) is 2.14. The lowest BCUT2D eigenvalue weighted by Gasteiger charge is -2.28. The Morgan fingerprint density at radius 1 is 1.33 bits per heavy atom. The second-order valence-electron chi connectivity index (χ2n) is 5.33. The number of benzene rings is 1. The molecule has 0 aromatic heterocycles. The van der Waals surface area contributed by atoms with Gasteiger partial charge in [0.2, 0.25) is 5.91 Å². The number of ether oxygens (including phenoxy) is 1. The van der Waals surface area contributed by atoms with E-state index >= 15 is 0 Å². The third-order valence-corrected chi connectivity index (χ3v) is 3.69. The van der Waals surface area contributed by atoms with Crippen LogP contribution in [0.15, 0.2) is 24.3 Å². The van der Waals surface area contributed by atoms with E-state index in [1.54, 1.807) is 6.07 Å². The van der Waals surface area contributed by atoms with Crippen molar-refractivity contribution < 1.29 is 9.53 Å². The zero-order valence-electron chi connectivity index (χ0n) is 13.5. The summed E-state index contributed by atoms with van der Waals surface area (Å²) >= 11 is 0. The summed E-state index contributed by atoms with van der Waals surface area (Å²) in [7, 11) is 0. The normalized spacial score (nSPS) is 12.0. The van der Waals surface area contributed by atoms with Gasteiger partial charge in [-0.05, 0) is 31.9 Å². The van der Waals surface area contributed by atoms with Gasteiger partial charge in [0.15, 0.2) is 0 Å². The third-order valence-electron chi connectivity index (χ3n) is 3.69.